The van der Waals surface area contributed by atoms with Crippen LogP contribution in [0.25, 0.3) is 6.08 Å². The van der Waals surface area contributed by atoms with Gasteiger partial charge in [0.05, 0.1) is 16.6 Å². The molecule has 0 saturated heterocycles. The summed E-state index contributed by atoms with van der Waals surface area (Å²) in [4.78, 5) is 21.9. The van der Waals surface area contributed by atoms with Crippen molar-refractivity contribution in [2.45, 2.75) is 18.9 Å². The first-order valence-electron chi connectivity index (χ1n) is 6.45. The van der Waals surface area contributed by atoms with Gasteiger partial charge in [0.2, 0.25) is 5.91 Å². The van der Waals surface area contributed by atoms with Crippen molar-refractivity contribution in [1.29, 1.82) is 0 Å². The fourth-order valence-corrected chi connectivity index (χ4v) is 1.87. The number of nitrogens with one attached hydrogen (secondary N) is 1. The fraction of sp³-hybridized carbons (Fsp3) is 0.357. The van der Waals surface area contributed by atoms with E-state index in [2.05, 4.69) is 5.32 Å². The van der Waals surface area contributed by atoms with E-state index in [0.717, 1.165) is 12.8 Å². The number of carbonyl (C=O) groups is 1. The Morgan fingerprint density at radius 1 is 1.50 bits per heavy atom. The predicted molar refractivity (Wildman–Crippen MR) is 73.9 cm³/mol. The summed E-state index contributed by atoms with van der Waals surface area (Å²) in [5.41, 5.74) is 0.324. The summed E-state index contributed by atoms with van der Waals surface area (Å²) in [6.07, 6.45) is 4.14. The highest BCUT2D eigenvalue weighted by Gasteiger charge is 2.29. The van der Waals surface area contributed by atoms with E-state index in [9.17, 15) is 20.0 Å². The van der Waals surface area contributed by atoms with Gasteiger partial charge in [-0.15, -0.1) is 0 Å². The van der Waals surface area contributed by atoms with Crippen LogP contribution in [0.2, 0.25) is 0 Å². The van der Waals surface area contributed by atoms with Crippen LogP contribution in [-0.4, -0.2) is 28.6 Å². The quantitative estimate of drug-likeness (QED) is 0.468. The number of nitro benzene ring substituents is 1. The lowest BCUT2D eigenvalue weighted by molar-refractivity contribution is -0.385. The highest BCUT2D eigenvalue weighted by Crippen LogP contribution is 2.32. The highest BCUT2D eigenvalue weighted by molar-refractivity contribution is 5.92. The molecule has 1 atom stereocenters. The molecule has 0 spiro atoms. The lowest BCUT2D eigenvalue weighted by Crippen LogP contribution is -2.31. The maximum Gasteiger partial charge on any atom is 0.276 e. The molecular weight excluding hydrogens is 260 g/mol. The summed E-state index contributed by atoms with van der Waals surface area (Å²) in [5, 5.41) is 23.0. The summed E-state index contributed by atoms with van der Waals surface area (Å²) in [6, 6.07) is 6.19. The molecule has 1 saturated carbocycles. The average Bonchev–Trinajstić information content (AvgIpc) is 3.27. The maximum atomic E-state index is 11.6. The van der Waals surface area contributed by atoms with Crippen molar-refractivity contribution in [3.63, 3.8) is 0 Å². The summed E-state index contributed by atoms with van der Waals surface area (Å²) in [7, 11) is 0. The number of hydrogen-bond donors (Lipinski definition) is 2. The van der Waals surface area contributed by atoms with E-state index in [1.165, 1.54) is 18.2 Å². The van der Waals surface area contributed by atoms with E-state index in [-0.39, 0.29) is 18.1 Å². The number of hydrogen-bond acceptors (Lipinski definition) is 4. The van der Waals surface area contributed by atoms with Crippen molar-refractivity contribution in [2.75, 3.05) is 6.54 Å². The van der Waals surface area contributed by atoms with E-state index in [0.29, 0.717) is 11.5 Å². The van der Waals surface area contributed by atoms with Gasteiger partial charge in [-0.05, 0) is 30.9 Å². The minimum Gasteiger partial charge on any atom is -0.391 e. The normalized spacial score (nSPS) is 16.1. The van der Waals surface area contributed by atoms with Gasteiger partial charge in [-0.2, -0.15) is 0 Å². The Labute approximate surface area is 116 Å². The Bertz CT molecular complexity index is 538. The van der Waals surface area contributed by atoms with Crippen molar-refractivity contribution in [3.05, 3.63) is 46.0 Å². The first-order chi connectivity index (χ1) is 9.58. The molecule has 1 aliphatic rings. The van der Waals surface area contributed by atoms with Crippen molar-refractivity contribution in [3.8, 4) is 0 Å². The molecule has 1 aromatic rings. The first-order valence-corrected chi connectivity index (χ1v) is 6.45. The lowest BCUT2D eigenvalue weighted by Gasteiger charge is -2.08. The fourth-order valence-electron chi connectivity index (χ4n) is 1.87. The number of nitro groups is 1. The number of nitrogens with zero attached hydrogens (tertiary/aromatic N) is 1. The minimum absolute atomic E-state index is 0.0467. The van der Waals surface area contributed by atoms with Gasteiger partial charge in [-0.1, -0.05) is 12.1 Å². The van der Waals surface area contributed by atoms with Crippen LogP contribution in [0.3, 0.4) is 0 Å². The van der Waals surface area contributed by atoms with Gasteiger partial charge >= 0.3 is 0 Å². The summed E-state index contributed by atoms with van der Waals surface area (Å²) < 4.78 is 0. The van der Waals surface area contributed by atoms with Gasteiger partial charge < -0.3 is 10.4 Å². The predicted octanol–water partition coefficient (Wildman–Crippen LogP) is 1.50. The Hall–Kier alpha value is -2.21. The van der Waals surface area contributed by atoms with Gasteiger partial charge in [0, 0.05) is 18.7 Å². The van der Waals surface area contributed by atoms with E-state index in [1.54, 1.807) is 18.2 Å². The molecule has 1 aromatic carbocycles. The van der Waals surface area contributed by atoms with Crippen LogP contribution in [-0.2, 0) is 4.79 Å². The molecule has 1 fully saturated rings. The third-order valence-electron chi connectivity index (χ3n) is 3.20. The molecule has 0 radical (unpaired) electrons. The number of carbonyl (C=O) groups excluding carboxylic acids is 1. The zero-order chi connectivity index (χ0) is 14.5. The zero-order valence-corrected chi connectivity index (χ0v) is 10.9. The number of aliphatic hydroxyl groups excluding tert-OH is 1. The van der Waals surface area contributed by atoms with Crippen LogP contribution in [0.1, 0.15) is 18.4 Å². The van der Waals surface area contributed by atoms with Crippen molar-refractivity contribution in [1.82, 2.24) is 5.32 Å². The van der Waals surface area contributed by atoms with Gasteiger partial charge in [0.15, 0.2) is 0 Å². The molecule has 1 unspecified atom stereocenters. The summed E-state index contributed by atoms with van der Waals surface area (Å²) >= 11 is 0. The van der Waals surface area contributed by atoms with Crippen molar-refractivity contribution >= 4 is 17.7 Å². The van der Waals surface area contributed by atoms with E-state index in [1.807, 2.05) is 0 Å². The second-order valence-corrected chi connectivity index (χ2v) is 4.80. The van der Waals surface area contributed by atoms with Crippen molar-refractivity contribution < 1.29 is 14.8 Å². The highest BCUT2D eigenvalue weighted by atomic mass is 16.6. The molecule has 6 nitrogen and oxygen atoms in total. The SMILES string of the molecule is O=C(C=Cc1ccccc1[N+](=O)[O-])NCC(O)C1CC1. The molecular formula is C14H16N2O4. The first kappa shape index (κ1) is 14.2. The van der Waals surface area contributed by atoms with Gasteiger partial charge in [-0.3, -0.25) is 14.9 Å². The molecule has 1 amide bonds. The molecule has 1 aliphatic carbocycles. The average molecular weight is 276 g/mol. The molecule has 106 valence electrons. The molecule has 0 heterocycles. The number of amides is 1. The van der Waals surface area contributed by atoms with Crippen LogP contribution < -0.4 is 5.32 Å². The van der Waals surface area contributed by atoms with Gasteiger partial charge in [0.25, 0.3) is 5.69 Å². The second-order valence-electron chi connectivity index (χ2n) is 4.80. The van der Waals surface area contributed by atoms with Crippen molar-refractivity contribution in [2.24, 2.45) is 5.92 Å². The number of aliphatic hydroxyl groups is 1. The van der Waals surface area contributed by atoms with E-state index < -0.39 is 11.0 Å². The van der Waals surface area contributed by atoms with Gasteiger partial charge in [0.1, 0.15) is 0 Å². The Balaban J connectivity index is 1.91. The Morgan fingerprint density at radius 2 is 2.20 bits per heavy atom. The van der Waals surface area contributed by atoms with E-state index in [4.69, 9.17) is 0 Å². The smallest absolute Gasteiger partial charge is 0.276 e. The summed E-state index contributed by atoms with van der Waals surface area (Å²) in [6.45, 7) is 0.213. The molecule has 2 rings (SSSR count). The zero-order valence-electron chi connectivity index (χ0n) is 10.9. The third kappa shape index (κ3) is 3.89. The monoisotopic (exact) mass is 276 g/mol. The molecule has 6 heteroatoms. The van der Waals surface area contributed by atoms with E-state index >= 15 is 0 Å². The Morgan fingerprint density at radius 3 is 2.85 bits per heavy atom. The topological polar surface area (TPSA) is 92.5 Å². The van der Waals surface area contributed by atoms with Crippen LogP contribution in [0.15, 0.2) is 30.3 Å². The van der Waals surface area contributed by atoms with Gasteiger partial charge in [-0.25, -0.2) is 0 Å². The molecule has 0 aromatic heterocycles. The van der Waals surface area contributed by atoms with Crippen LogP contribution in [0.4, 0.5) is 5.69 Å². The second kappa shape index (κ2) is 6.29. The lowest BCUT2D eigenvalue weighted by atomic mass is 10.1. The third-order valence-corrected chi connectivity index (χ3v) is 3.20. The largest absolute Gasteiger partial charge is 0.391 e. The van der Waals surface area contributed by atoms with Crippen LogP contribution in [0.5, 0.6) is 0 Å². The number of benzene rings is 1. The molecule has 0 aliphatic heterocycles. The molecule has 0 bridgehead atoms. The standard InChI is InChI=1S/C14H16N2O4/c17-13(11-5-6-11)9-15-14(18)8-7-10-3-1-2-4-12(10)16(19)20/h1-4,7-8,11,13,17H,5-6,9H2,(H,15,18). The molecule has 20 heavy (non-hydrogen) atoms. The maximum absolute atomic E-state index is 11.6. The molecule has 2 N–H and O–H groups in total. The summed E-state index contributed by atoms with van der Waals surface area (Å²) in [5.74, 6) is -0.0719. The number of para-hydroxylation sites is 1. The number of rotatable bonds is 6. The van der Waals surface area contributed by atoms with Crippen LogP contribution >= 0.6 is 0 Å². The Kier molecular flexibility index (Phi) is 4.47. The minimum atomic E-state index is -0.501. The van der Waals surface area contributed by atoms with Crippen LogP contribution in [0, 0.1) is 16.0 Å².